The summed E-state index contributed by atoms with van der Waals surface area (Å²) in [4.78, 5) is 0. The van der Waals surface area contributed by atoms with Crippen LogP contribution in [0.5, 0.6) is 0 Å². The fourth-order valence-electron chi connectivity index (χ4n) is 4.88. The maximum atomic E-state index is 11.2. The molecular formula is C26H34N2O2. The van der Waals surface area contributed by atoms with E-state index in [1.165, 1.54) is 24.8 Å². The second-order valence-electron chi connectivity index (χ2n) is 7.74. The van der Waals surface area contributed by atoms with Gasteiger partial charge in [0, 0.05) is 16.5 Å². The van der Waals surface area contributed by atoms with Crippen LogP contribution in [-0.2, 0) is 0 Å². The third kappa shape index (κ3) is 3.71. The number of aromatic nitrogens is 1. The van der Waals surface area contributed by atoms with Crippen molar-refractivity contribution >= 4 is 16.5 Å². The van der Waals surface area contributed by atoms with Gasteiger partial charge in [0.2, 0.25) is 0 Å². The lowest BCUT2D eigenvalue weighted by molar-refractivity contribution is 0.158. The largest absolute Gasteiger partial charge is 0.375 e. The van der Waals surface area contributed by atoms with Crippen LogP contribution in [0.2, 0.25) is 0 Å². The van der Waals surface area contributed by atoms with Gasteiger partial charge in [-0.2, -0.15) is 0 Å². The number of aliphatic hydroxyl groups excluding tert-OH is 2. The Morgan fingerprint density at radius 1 is 1.10 bits per heavy atom. The Balaban J connectivity index is 0.00000124. The average Bonchev–Trinajstić information content (AvgIpc) is 3.24. The highest BCUT2D eigenvalue weighted by Gasteiger charge is 2.37. The second kappa shape index (κ2) is 9.61. The van der Waals surface area contributed by atoms with Crippen LogP contribution >= 0.6 is 0 Å². The minimum atomic E-state index is -1.04. The number of allylic oxidation sites excluding steroid dienone is 4. The lowest BCUT2D eigenvalue weighted by atomic mass is 9.81. The van der Waals surface area contributed by atoms with Crippen LogP contribution in [-0.4, -0.2) is 14.8 Å². The molecule has 30 heavy (non-hydrogen) atoms. The van der Waals surface area contributed by atoms with Crippen molar-refractivity contribution in [2.24, 2.45) is 5.73 Å². The maximum absolute atomic E-state index is 11.2. The van der Waals surface area contributed by atoms with Crippen molar-refractivity contribution in [2.45, 2.75) is 64.3 Å². The first-order valence-corrected chi connectivity index (χ1v) is 11.0. The van der Waals surface area contributed by atoms with Crippen molar-refractivity contribution < 1.29 is 10.2 Å². The van der Waals surface area contributed by atoms with Gasteiger partial charge in [0.25, 0.3) is 0 Å². The van der Waals surface area contributed by atoms with E-state index in [4.69, 9.17) is 5.73 Å². The molecule has 0 bridgehead atoms. The molecule has 1 aromatic heterocycles. The molecule has 4 rings (SSSR count). The molecule has 0 spiro atoms. The summed E-state index contributed by atoms with van der Waals surface area (Å²) in [6.45, 7) is 11.7. The summed E-state index contributed by atoms with van der Waals surface area (Å²) in [6.07, 6.45) is 11.5. The zero-order valence-electron chi connectivity index (χ0n) is 18.1. The number of aliphatic hydroxyl groups is 2. The number of hydrogen-bond donors (Lipinski definition) is 3. The van der Waals surface area contributed by atoms with E-state index in [9.17, 15) is 10.2 Å². The Morgan fingerprint density at radius 2 is 1.77 bits per heavy atom. The lowest BCUT2D eigenvalue weighted by Gasteiger charge is -2.23. The molecule has 160 valence electrons. The average molecular weight is 407 g/mol. The molecule has 4 N–H and O–H groups in total. The smallest absolute Gasteiger partial charge is 0.158 e. The van der Waals surface area contributed by atoms with Gasteiger partial charge in [-0.3, -0.25) is 0 Å². The Labute approximate surface area is 179 Å². The van der Waals surface area contributed by atoms with Crippen LogP contribution < -0.4 is 5.73 Å². The SMILES string of the molecule is C=C/C=C1\C(=C/C=C)C(O)n2c1c(C1CCCCC1)c1ccc(C(N)O)cc12.CC. The molecule has 1 aliphatic carbocycles. The van der Waals surface area contributed by atoms with Gasteiger partial charge in [-0.25, -0.2) is 0 Å². The third-order valence-corrected chi connectivity index (χ3v) is 6.09. The summed E-state index contributed by atoms with van der Waals surface area (Å²) in [6, 6.07) is 5.84. The van der Waals surface area contributed by atoms with E-state index in [1.54, 1.807) is 12.2 Å². The van der Waals surface area contributed by atoms with Gasteiger partial charge in [0.05, 0.1) is 11.2 Å². The maximum Gasteiger partial charge on any atom is 0.158 e. The summed E-state index contributed by atoms with van der Waals surface area (Å²) in [5.74, 6) is 0.463. The molecule has 0 radical (unpaired) electrons. The number of benzene rings is 1. The normalized spacial score (nSPS) is 22.6. The zero-order chi connectivity index (χ0) is 21.8. The van der Waals surface area contributed by atoms with Crippen molar-refractivity contribution in [2.75, 3.05) is 0 Å². The molecule has 2 heterocycles. The molecule has 2 aliphatic rings. The number of rotatable bonds is 4. The van der Waals surface area contributed by atoms with Crippen LogP contribution in [0.15, 0.2) is 61.2 Å². The Morgan fingerprint density at radius 3 is 2.37 bits per heavy atom. The highest BCUT2D eigenvalue weighted by molar-refractivity contribution is 5.97. The minimum absolute atomic E-state index is 0.463. The van der Waals surface area contributed by atoms with Crippen LogP contribution in [0.25, 0.3) is 16.5 Å². The minimum Gasteiger partial charge on any atom is -0.375 e. The first-order valence-electron chi connectivity index (χ1n) is 11.0. The van der Waals surface area contributed by atoms with E-state index in [0.717, 1.165) is 40.6 Å². The molecule has 1 aliphatic heterocycles. The molecule has 0 amide bonds. The molecule has 4 nitrogen and oxygen atoms in total. The van der Waals surface area contributed by atoms with E-state index < -0.39 is 12.5 Å². The Hall–Kier alpha value is -2.40. The number of hydrogen-bond acceptors (Lipinski definition) is 3. The van der Waals surface area contributed by atoms with Crippen molar-refractivity contribution in [3.8, 4) is 0 Å². The summed E-state index contributed by atoms with van der Waals surface area (Å²) in [5.41, 5.74) is 11.4. The first kappa shape index (κ1) is 22.3. The van der Waals surface area contributed by atoms with Crippen molar-refractivity contribution in [3.63, 3.8) is 0 Å². The molecule has 0 saturated heterocycles. The summed E-state index contributed by atoms with van der Waals surface area (Å²) >= 11 is 0. The fraction of sp³-hybridized carbons (Fsp3) is 0.385. The van der Waals surface area contributed by atoms with Gasteiger partial charge in [-0.05, 0) is 36.0 Å². The van der Waals surface area contributed by atoms with E-state index in [2.05, 4.69) is 13.2 Å². The van der Waals surface area contributed by atoms with E-state index in [1.807, 2.05) is 48.8 Å². The molecule has 2 aromatic rings. The van der Waals surface area contributed by atoms with Crippen LogP contribution in [0.3, 0.4) is 0 Å². The fourth-order valence-corrected chi connectivity index (χ4v) is 4.88. The summed E-state index contributed by atoms with van der Waals surface area (Å²) < 4.78 is 1.98. The van der Waals surface area contributed by atoms with Crippen LogP contribution in [0.4, 0.5) is 0 Å². The lowest BCUT2D eigenvalue weighted by Crippen LogP contribution is -2.09. The monoisotopic (exact) mass is 406 g/mol. The first-order chi connectivity index (χ1) is 14.6. The van der Waals surface area contributed by atoms with Gasteiger partial charge in [-0.15, -0.1) is 0 Å². The molecular weight excluding hydrogens is 372 g/mol. The quantitative estimate of drug-likeness (QED) is 0.558. The standard InChI is InChI=1S/C24H28N2O2.C2H6/c1-3-8-17-18(9-4-2)24(28)26-20-14-16(23(25)27)12-13-19(20)21(22(17)26)15-10-6-5-7-11-15;1-2/h3-4,8-9,12-15,23-24,27-28H,1-2,5-7,10-11,25H2;1-2H3/b17-8+,18-9+;. The van der Waals surface area contributed by atoms with Gasteiger partial charge in [0.1, 0.15) is 6.23 Å². The van der Waals surface area contributed by atoms with Crippen LogP contribution in [0.1, 0.15) is 81.1 Å². The Bertz CT molecular complexity index is 988. The van der Waals surface area contributed by atoms with Gasteiger partial charge >= 0.3 is 0 Å². The third-order valence-electron chi connectivity index (χ3n) is 6.09. The van der Waals surface area contributed by atoms with E-state index >= 15 is 0 Å². The molecule has 1 aromatic carbocycles. The molecule has 2 unspecified atom stereocenters. The number of fused-ring (bicyclic) bond motifs is 3. The van der Waals surface area contributed by atoms with E-state index in [-0.39, 0.29) is 0 Å². The summed E-state index contributed by atoms with van der Waals surface area (Å²) in [7, 11) is 0. The number of nitrogens with two attached hydrogens (primary N) is 1. The summed E-state index contributed by atoms with van der Waals surface area (Å²) in [5, 5.41) is 22.2. The highest BCUT2D eigenvalue weighted by Crippen LogP contribution is 2.50. The predicted molar refractivity (Wildman–Crippen MR) is 126 cm³/mol. The van der Waals surface area contributed by atoms with Gasteiger partial charge in [0.15, 0.2) is 6.23 Å². The predicted octanol–water partition coefficient (Wildman–Crippen LogP) is 5.85. The van der Waals surface area contributed by atoms with Crippen molar-refractivity contribution in [1.82, 2.24) is 4.57 Å². The van der Waals surface area contributed by atoms with Gasteiger partial charge in [-0.1, -0.05) is 82.7 Å². The topological polar surface area (TPSA) is 71.4 Å². The Kier molecular flexibility index (Phi) is 7.14. The van der Waals surface area contributed by atoms with Crippen molar-refractivity contribution in [3.05, 3.63) is 78.1 Å². The zero-order valence-corrected chi connectivity index (χ0v) is 18.1. The molecule has 1 fully saturated rings. The molecule has 4 heteroatoms. The van der Waals surface area contributed by atoms with Crippen molar-refractivity contribution in [1.29, 1.82) is 0 Å². The second-order valence-corrected chi connectivity index (χ2v) is 7.74. The van der Waals surface area contributed by atoms with Crippen LogP contribution in [0, 0.1) is 0 Å². The molecule has 2 atom stereocenters. The van der Waals surface area contributed by atoms with E-state index in [0.29, 0.717) is 11.5 Å². The molecule has 1 saturated carbocycles. The highest BCUT2D eigenvalue weighted by atomic mass is 16.3. The number of nitrogens with zero attached hydrogens (tertiary/aromatic N) is 1. The van der Waals surface area contributed by atoms with Gasteiger partial charge < -0.3 is 20.5 Å².